The van der Waals surface area contributed by atoms with E-state index in [2.05, 4.69) is 43.4 Å². The lowest BCUT2D eigenvalue weighted by molar-refractivity contribution is -0.136. The van der Waals surface area contributed by atoms with Crippen LogP contribution in [0.4, 0.5) is 0 Å². The van der Waals surface area contributed by atoms with E-state index in [0.29, 0.717) is 5.91 Å². The highest BCUT2D eigenvalue weighted by Gasteiger charge is 2.25. The van der Waals surface area contributed by atoms with Gasteiger partial charge < -0.3 is 10.2 Å². The second kappa shape index (κ2) is 7.44. The number of hydrogen-bond donors (Lipinski definition) is 1. The van der Waals surface area contributed by atoms with E-state index < -0.39 is 0 Å². The molecule has 2 rings (SSSR count). The van der Waals surface area contributed by atoms with Gasteiger partial charge in [0.2, 0.25) is 5.91 Å². The molecule has 1 aliphatic rings. The van der Waals surface area contributed by atoms with Crippen LogP contribution in [-0.4, -0.2) is 30.4 Å². The topological polar surface area (TPSA) is 32.3 Å². The van der Waals surface area contributed by atoms with Gasteiger partial charge >= 0.3 is 0 Å². The molecule has 1 heterocycles. The summed E-state index contributed by atoms with van der Waals surface area (Å²) in [5.74, 6) is 0.486. The zero-order chi connectivity index (χ0) is 14.4. The molecule has 1 atom stereocenters. The van der Waals surface area contributed by atoms with E-state index >= 15 is 0 Å². The lowest BCUT2D eigenvalue weighted by Gasteiger charge is -2.29. The molecule has 1 N–H and O–H groups in total. The maximum absolute atomic E-state index is 12.6. The minimum Gasteiger partial charge on any atom is -0.338 e. The van der Waals surface area contributed by atoms with Gasteiger partial charge in [-0.15, -0.1) is 0 Å². The number of hydrogen-bond acceptors (Lipinski definition) is 2. The molecule has 110 valence electrons. The Bertz CT molecular complexity index is 421. The van der Waals surface area contributed by atoms with E-state index in [1.54, 1.807) is 0 Å². The Kier molecular flexibility index (Phi) is 5.60. The van der Waals surface area contributed by atoms with Gasteiger partial charge in [0.05, 0.1) is 5.92 Å². The number of nitrogens with one attached hydrogen (secondary N) is 1. The van der Waals surface area contributed by atoms with E-state index in [1.165, 1.54) is 11.1 Å². The summed E-state index contributed by atoms with van der Waals surface area (Å²) in [6.07, 6.45) is 3.15. The SMILES string of the molecule is CCCN(Cc1ccc(C)cc1)C(=O)C1CCCNC1. The normalized spacial score (nSPS) is 18.8. The van der Waals surface area contributed by atoms with Crippen LogP contribution in [0.2, 0.25) is 0 Å². The first-order valence-electron chi connectivity index (χ1n) is 7.75. The van der Waals surface area contributed by atoms with Gasteiger partial charge in [0.15, 0.2) is 0 Å². The molecule has 1 saturated heterocycles. The van der Waals surface area contributed by atoms with Crippen molar-refractivity contribution < 1.29 is 4.79 Å². The molecule has 0 bridgehead atoms. The van der Waals surface area contributed by atoms with Crippen molar-refractivity contribution in [2.75, 3.05) is 19.6 Å². The van der Waals surface area contributed by atoms with Crippen LogP contribution in [0.15, 0.2) is 24.3 Å². The first kappa shape index (κ1) is 15.0. The predicted molar refractivity (Wildman–Crippen MR) is 82.5 cm³/mol. The van der Waals surface area contributed by atoms with Crippen LogP contribution in [0.1, 0.15) is 37.3 Å². The second-order valence-corrected chi connectivity index (χ2v) is 5.79. The van der Waals surface area contributed by atoms with E-state index in [0.717, 1.165) is 45.4 Å². The van der Waals surface area contributed by atoms with Gasteiger partial charge in [-0.2, -0.15) is 0 Å². The van der Waals surface area contributed by atoms with Gasteiger partial charge in [0, 0.05) is 19.6 Å². The van der Waals surface area contributed by atoms with E-state index in [-0.39, 0.29) is 5.92 Å². The Morgan fingerprint density at radius 1 is 1.35 bits per heavy atom. The minimum absolute atomic E-state index is 0.167. The second-order valence-electron chi connectivity index (χ2n) is 5.79. The van der Waals surface area contributed by atoms with Crippen molar-refractivity contribution in [3.05, 3.63) is 35.4 Å². The summed E-state index contributed by atoms with van der Waals surface area (Å²) in [6.45, 7) is 7.70. The first-order chi connectivity index (χ1) is 9.70. The first-order valence-corrected chi connectivity index (χ1v) is 7.75. The van der Waals surface area contributed by atoms with E-state index in [1.807, 2.05) is 4.90 Å². The summed E-state index contributed by atoms with van der Waals surface area (Å²) >= 11 is 0. The summed E-state index contributed by atoms with van der Waals surface area (Å²) in [4.78, 5) is 14.7. The van der Waals surface area contributed by atoms with Gasteiger partial charge in [0.1, 0.15) is 0 Å². The van der Waals surface area contributed by atoms with Gasteiger partial charge in [-0.1, -0.05) is 36.8 Å². The summed E-state index contributed by atoms with van der Waals surface area (Å²) in [5, 5.41) is 3.34. The molecule has 1 aliphatic heterocycles. The molecule has 1 aromatic carbocycles. The number of aryl methyl sites for hydroxylation is 1. The van der Waals surface area contributed by atoms with Crippen molar-refractivity contribution >= 4 is 5.91 Å². The number of benzene rings is 1. The zero-order valence-electron chi connectivity index (χ0n) is 12.7. The fourth-order valence-electron chi connectivity index (χ4n) is 2.77. The predicted octanol–water partition coefficient (Wildman–Crippen LogP) is 2.73. The third-order valence-corrected chi connectivity index (χ3v) is 3.95. The summed E-state index contributed by atoms with van der Waals surface area (Å²) in [6, 6.07) is 8.49. The Morgan fingerprint density at radius 2 is 2.10 bits per heavy atom. The summed E-state index contributed by atoms with van der Waals surface area (Å²) < 4.78 is 0. The van der Waals surface area contributed by atoms with Gasteiger partial charge in [-0.3, -0.25) is 4.79 Å². The fraction of sp³-hybridized carbons (Fsp3) is 0.588. The van der Waals surface area contributed by atoms with Gasteiger partial charge in [-0.05, 0) is 38.3 Å². The van der Waals surface area contributed by atoms with Crippen LogP contribution in [-0.2, 0) is 11.3 Å². The number of rotatable bonds is 5. The summed E-state index contributed by atoms with van der Waals surface area (Å²) in [5.41, 5.74) is 2.49. The number of nitrogens with zero attached hydrogens (tertiary/aromatic N) is 1. The molecule has 3 nitrogen and oxygen atoms in total. The van der Waals surface area contributed by atoms with E-state index in [4.69, 9.17) is 0 Å². The molecular formula is C17H26N2O. The van der Waals surface area contributed by atoms with Crippen molar-refractivity contribution in [2.45, 2.75) is 39.7 Å². The molecule has 0 aliphatic carbocycles. The Balaban J connectivity index is 2.01. The molecule has 20 heavy (non-hydrogen) atoms. The molecule has 0 spiro atoms. The van der Waals surface area contributed by atoms with Crippen LogP contribution in [0.5, 0.6) is 0 Å². The lowest BCUT2D eigenvalue weighted by atomic mass is 9.97. The largest absolute Gasteiger partial charge is 0.338 e. The average molecular weight is 274 g/mol. The Labute approximate surface area is 122 Å². The molecule has 3 heteroatoms. The highest BCUT2D eigenvalue weighted by atomic mass is 16.2. The average Bonchev–Trinajstić information content (AvgIpc) is 2.49. The smallest absolute Gasteiger partial charge is 0.227 e. The maximum Gasteiger partial charge on any atom is 0.227 e. The van der Waals surface area contributed by atoms with Crippen molar-refractivity contribution in [2.24, 2.45) is 5.92 Å². The third kappa shape index (κ3) is 4.07. The van der Waals surface area contributed by atoms with Crippen LogP contribution in [0.25, 0.3) is 0 Å². The molecular weight excluding hydrogens is 248 g/mol. The van der Waals surface area contributed by atoms with Gasteiger partial charge in [-0.25, -0.2) is 0 Å². The highest BCUT2D eigenvalue weighted by molar-refractivity contribution is 5.79. The monoisotopic (exact) mass is 274 g/mol. The molecule has 1 amide bonds. The Hall–Kier alpha value is -1.35. The number of amides is 1. The van der Waals surface area contributed by atoms with E-state index in [9.17, 15) is 4.79 Å². The molecule has 1 aromatic rings. The molecule has 0 radical (unpaired) electrons. The molecule has 1 fully saturated rings. The maximum atomic E-state index is 12.6. The van der Waals surface area contributed by atoms with Crippen LogP contribution >= 0.6 is 0 Å². The number of carbonyl (C=O) groups excluding carboxylic acids is 1. The molecule has 0 aromatic heterocycles. The summed E-state index contributed by atoms with van der Waals surface area (Å²) in [7, 11) is 0. The van der Waals surface area contributed by atoms with Crippen LogP contribution < -0.4 is 5.32 Å². The van der Waals surface area contributed by atoms with Crippen molar-refractivity contribution in [3.8, 4) is 0 Å². The quantitative estimate of drug-likeness (QED) is 0.895. The highest BCUT2D eigenvalue weighted by Crippen LogP contribution is 2.16. The van der Waals surface area contributed by atoms with Crippen molar-refractivity contribution in [1.29, 1.82) is 0 Å². The standard InChI is InChI=1S/C17H26N2O/c1-3-11-19(13-15-8-6-14(2)7-9-15)17(20)16-5-4-10-18-12-16/h6-9,16,18H,3-5,10-13H2,1-2H3. The lowest BCUT2D eigenvalue weighted by Crippen LogP contribution is -2.43. The zero-order valence-corrected chi connectivity index (χ0v) is 12.7. The van der Waals surface area contributed by atoms with Crippen LogP contribution in [0, 0.1) is 12.8 Å². The Morgan fingerprint density at radius 3 is 2.70 bits per heavy atom. The molecule has 0 saturated carbocycles. The number of carbonyl (C=O) groups is 1. The fourth-order valence-corrected chi connectivity index (χ4v) is 2.77. The van der Waals surface area contributed by atoms with Crippen molar-refractivity contribution in [3.63, 3.8) is 0 Å². The molecule has 1 unspecified atom stereocenters. The minimum atomic E-state index is 0.167. The van der Waals surface area contributed by atoms with Crippen molar-refractivity contribution in [1.82, 2.24) is 10.2 Å². The number of piperidine rings is 1. The third-order valence-electron chi connectivity index (χ3n) is 3.95. The van der Waals surface area contributed by atoms with Gasteiger partial charge in [0.25, 0.3) is 0 Å². The van der Waals surface area contributed by atoms with Crippen LogP contribution in [0.3, 0.4) is 0 Å².